The minimum atomic E-state index is -0.401. The lowest BCUT2D eigenvalue weighted by Gasteiger charge is -2.22. The molecule has 1 aliphatic rings. The minimum Gasteiger partial charge on any atom is -0.465 e. The fraction of sp³-hybridized carbons (Fsp3) is 0.280. The summed E-state index contributed by atoms with van der Waals surface area (Å²) in [7, 11) is 1.36. The summed E-state index contributed by atoms with van der Waals surface area (Å²) in [6.07, 6.45) is 8.01. The number of benzene rings is 2. The van der Waals surface area contributed by atoms with Crippen molar-refractivity contribution in [2.45, 2.75) is 38.0 Å². The quantitative estimate of drug-likeness (QED) is 0.417. The zero-order valence-corrected chi connectivity index (χ0v) is 18.2. The molecule has 0 atom stereocenters. The highest BCUT2D eigenvalue weighted by Gasteiger charge is 2.17. The topological polar surface area (TPSA) is 60.5 Å². The van der Waals surface area contributed by atoms with Crippen LogP contribution in [0.25, 0.3) is 0 Å². The van der Waals surface area contributed by atoms with Gasteiger partial charge in [-0.1, -0.05) is 49.1 Å². The number of nitrogens with one attached hydrogen (secondary N) is 1. The van der Waals surface area contributed by atoms with Crippen LogP contribution in [0.4, 0.5) is 11.4 Å². The van der Waals surface area contributed by atoms with Crippen LogP contribution in [0.2, 0.25) is 5.02 Å². The SMILES string of the molecule is COC(=O)c1ccccc1Nc1ccc(Oc2ccc(C3CCCCC3)cc2Cl)nc1. The van der Waals surface area contributed by atoms with E-state index in [0.29, 0.717) is 33.8 Å². The van der Waals surface area contributed by atoms with Crippen LogP contribution in [0.5, 0.6) is 11.6 Å². The van der Waals surface area contributed by atoms with Crippen molar-refractivity contribution in [3.8, 4) is 11.6 Å². The van der Waals surface area contributed by atoms with Crippen LogP contribution in [0.1, 0.15) is 53.9 Å². The van der Waals surface area contributed by atoms with Crippen LogP contribution in [0.15, 0.2) is 60.8 Å². The largest absolute Gasteiger partial charge is 0.465 e. The highest BCUT2D eigenvalue weighted by molar-refractivity contribution is 6.32. The number of hydrogen-bond donors (Lipinski definition) is 1. The molecule has 1 fully saturated rings. The number of aromatic nitrogens is 1. The molecular weight excluding hydrogens is 412 g/mol. The fourth-order valence-electron chi connectivity index (χ4n) is 3.95. The van der Waals surface area contributed by atoms with Gasteiger partial charge in [-0.3, -0.25) is 0 Å². The standard InChI is InChI=1S/C25H25ClN2O3/c1-30-25(29)20-9-5-6-10-22(20)28-19-12-14-24(27-16-19)31-23-13-11-18(15-21(23)26)17-7-3-2-4-8-17/h5-6,9-17,28H,2-4,7-8H2,1H3. The van der Waals surface area contributed by atoms with E-state index < -0.39 is 5.97 Å². The van der Waals surface area contributed by atoms with Gasteiger partial charge < -0.3 is 14.8 Å². The second-order valence-electron chi connectivity index (χ2n) is 7.67. The van der Waals surface area contributed by atoms with Gasteiger partial charge in [0, 0.05) is 6.07 Å². The lowest BCUT2D eigenvalue weighted by atomic mass is 9.84. The lowest BCUT2D eigenvalue weighted by molar-refractivity contribution is 0.0602. The molecule has 0 saturated heterocycles. The van der Waals surface area contributed by atoms with E-state index in [-0.39, 0.29) is 0 Å². The maximum atomic E-state index is 11.9. The molecule has 1 aromatic heterocycles. The number of carbonyl (C=O) groups is 1. The molecule has 0 amide bonds. The lowest BCUT2D eigenvalue weighted by Crippen LogP contribution is -2.05. The zero-order valence-electron chi connectivity index (χ0n) is 17.4. The first kappa shape index (κ1) is 21.2. The summed E-state index contributed by atoms with van der Waals surface area (Å²) in [6.45, 7) is 0. The number of carbonyl (C=O) groups excluding carboxylic acids is 1. The fourth-order valence-corrected chi connectivity index (χ4v) is 4.18. The second kappa shape index (κ2) is 9.84. The van der Waals surface area contributed by atoms with Crippen molar-refractivity contribution >= 4 is 28.9 Å². The molecule has 1 N–H and O–H groups in total. The molecule has 1 aliphatic carbocycles. The molecule has 6 heteroatoms. The van der Waals surface area contributed by atoms with Gasteiger partial charge in [-0.25, -0.2) is 9.78 Å². The summed E-state index contributed by atoms with van der Waals surface area (Å²) in [4.78, 5) is 16.3. The van der Waals surface area contributed by atoms with Crippen LogP contribution in [0, 0.1) is 0 Å². The van der Waals surface area contributed by atoms with Crippen LogP contribution >= 0.6 is 11.6 Å². The number of nitrogens with zero attached hydrogens (tertiary/aromatic N) is 1. The van der Waals surface area contributed by atoms with E-state index in [1.54, 1.807) is 24.4 Å². The van der Waals surface area contributed by atoms with E-state index in [2.05, 4.69) is 16.4 Å². The zero-order chi connectivity index (χ0) is 21.6. The van der Waals surface area contributed by atoms with Gasteiger partial charge in [0.15, 0.2) is 0 Å². The summed E-state index contributed by atoms with van der Waals surface area (Å²) in [5.41, 5.74) is 3.11. The number of esters is 1. The molecule has 4 rings (SSSR count). The van der Waals surface area contributed by atoms with Crippen molar-refractivity contribution in [2.24, 2.45) is 0 Å². The number of rotatable bonds is 6. The van der Waals surface area contributed by atoms with Gasteiger partial charge in [-0.15, -0.1) is 0 Å². The summed E-state index contributed by atoms with van der Waals surface area (Å²) < 4.78 is 10.7. The maximum Gasteiger partial charge on any atom is 0.339 e. The Labute approximate surface area is 187 Å². The molecule has 3 aromatic rings. The van der Waals surface area contributed by atoms with E-state index in [1.165, 1.54) is 44.8 Å². The first-order valence-electron chi connectivity index (χ1n) is 10.5. The Hall–Kier alpha value is -3.05. The molecule has 0 spiro atoms. The Balaban J connectivity index is 1.44. The van der Waals surface area contributed by atoms with Crippen LogP contribution in [0.3, 0.4) is 0 Å². The van der Waals surface area contributed by atoms with E-state index in [1.807, 2.05) is 30.3 Å². The van der Waals surface area contributed by atoms with Gasteiger partial charge in [0.2, 0.25) is 5.88 Å². The number of halogens is 1. The summed E-state index contributed by atoms with van der Waals surface area (Å²) in [6, 6.07) is 16.8. The molecule has 2 aromatic carbocycles. The molecule has 31 heavy (non-hydrogen) atoms. The molecule has 0 unspecified atom stereocenters. The number of pyridine rings is 1. The number of methoxy groups -OCH3 is 1. The van der Waals surface area contributed by atoms with Crippen LogP contribution < -0.4 is 10.1 Å². The normalized spacial score (nSPS) is 14.1. The summed E-state index contributed by atoms with van der Waals surface area (Å²) >= 11 is 6.49. The smallest absolute Gasteiger partial charge is 0.339 e. The van der Waals surface area contributed by atoms with Crippen molar-refractivity contribution in [3.63, 3.8) is 0 Å². The molecule has 5 nitrogen and oxygen atoms in total. The number of ether oxygens (including phenoxy) is 2. The predicted molar refractivity (Wildman–Crippen MR) is 123 cm³/mol. The van der Waals surface area contributed by atoms with Crippen molar-refractivity contribution in [2.75, 3.05) is 12.4 Å². The average Bonchev–Trinajstić information content (AvgIpc) is 2.82. The Morgan fingerprint density at radius 2 is 1.87 bits per heavy atom. The van der Waals surface area contributed by atoms with Crippen molar-refractivity contribution < 1.29 is 14.3 Å². The van der Waals surface area contributed by atoms with Crippen LogP contribution in [-0.2, 0) is 4.74 Å². The number of para-hydroxylation sites is 1. The molecule has 0 radical (unpaired) electrons. The predicted octanol–water partition coefficient (Wildman–Crippen LogP) is 7.11. The average molecular weight is 437 g/mol. The van der Waals surface area contributed by atoms with Gasteiger partial charge in [0.1, 0.15) is 5.75 Å². The van der Waals surface area contributed by atoms with E-state index in [9.17, 15) is 4.79 Å². The van der Waals surface area contributed by atoms with Gasteiger partial charge >= 0.3 is 5.97 Å². The molecule has 1 heterocycles. The third kappa shape index (κ3) is 5.17. The molecule has 160 valence electrons. The number of hydrogen-bond acceptors (Lipinski definition) is 5. The highest BCUT2D eigenvalue weighted by Crippen LogP contribution is 2.37. The Kier molecular flexibility index (Phi) is 6.73. The third-order valence-corrected chi connectivity index (χ3v) is 5.89. The van der Waals surface area contributed by atoms with Crippen molar-refractivity contribution in [1.29, 1.82) is 0 Å². The minimum absolute atomic E-state index is 0.401. The maximum absolute atomic E-state index is 11.9. The van der Waals surface area contributed by atoms with Crippen molar-refractivity contribution in [3.05, 3.63) is 76.9 Å². The Bertz CT molecular complexity index is 1050. The first-order chi connectivity index (χ1) is 15.1. The Morgan fingerprint density at radius 1 is 1.06 bits per heavy atom. The van der Waals surface area contributed by atoms with Crippen LogP contribution in [-0.4, -0.2) is 18.1 Å². The second-order valence-corrected chi connectivity index (χ2v) is 8.08. The molecular formula is C25H25ClN2O3. The third-order valence-electron chi connectivity index (χ3n) is 5.59. The summed E-state index contributed by atoms with van der Waals surface area (Å²) in [5.74, 6) is 1.23. The molecule has 0 bridgehead atoms. The van der Waals surface area contributed by atoms with E-state index in [4.69, 9.17) is 21.1 Å². The van der Waals surface area contributed by atoms with E-state index >= 15 is 0 Å². The summed E-state index contributed by atoms with van der Waals surface area (Å²) in [5, 5.41) is 3.79. The molecule has 1 saturated carbocycles. The molecule has 0 aliphatic heterocycles. The number of anilines is 2. The van der Waals surface area contributed by atoms with Crippen molar-refractivity contribution in [1.82, 2.24) is 4.98 Å². The van der Waals surface area contributed by atoms with E-state index in [0.717, 1.165) is 5.69 Å². The van der Waals surface area contributed by atoms with Gasteiger partial charge in [0.25, 0.3) is 0 Å². The van der Waals surface area contributed by atoms with Gasteiger partial charge in [0.05, 0.1) is 35.3 Å². The first-order valence-corrected chi connectivity index (χ1v) is 10.9. The Morgan fingerprint density at radius 3 is 2.58 bits per heavy atom. The monoisotopic (exact) mass is 436 g/mol. The highest BCUT2D eigenvalue weighted by atomic mass is 35.5. The van der Waals surface area contributed by atoms with Gasteiger partial charge in [-0.05, 0) is 54.7 Å². The van der Waals surface area contributed by atoms with Gasteiger partial charge in [-0.2, -0.15) is 0 Å².